The Morgan fingerprint density at radius 2 is 2.14 bits per heavy atom. The molecule has 0 saturated heterocycles. The van der Waals surface area contributed by atoms with Crippen molar-refractivity contribution < 1.29 is 18.2 Å². The Morgan fingerprint density at radius 1 is 1.43 bits per heavy atom. The van der Waals surface area contributed by atoms with Gasteiger partial charge in [0.25, 0.3) is 0 Å². The summed E-state index contributed by atoms with van der Waals surface area (Å²) in [7, 11) is 1.51. The monoisotopic (exact) mass is 215 g/mol. The molecule has 0 bridgehead atoms. The molecule has 78 valence electrons. The predicted molar refractivity (Wildman–Crippen MR) is 51.3 cm³/mol. The van der Waals surface area contributed by atoms with Gasteiger partial charge < -0.3 is 14.0 Å². The molecule has 0 fully saturated rings. The van der Waals surface area contributed by atoms with E-state index in [0.717, 1.165) is 0 Å². The van der Waals surface area contributed by atoms with Crippen LogP contribution in [0.15, 0.2) is 23.1 Å². The fourth-order valence-electron chi connectivity index (χ4n) is 1.03. The molecule has 0 radical (unpaired) electrons. The molecule has 0 N–H and O–H groups in total. The van der Waals surface area contributed by atoms with Crippen LogP contribution in [0.4, 0.5) is 0 Å². The average Bonchev–Trinajstić information content (AvgIpc) is 2.18. The third kappa shape index (κ3) is 2.46. The van der Waals surface area contributed by atoms with E-state index in [0.29, 0.717) is 18.1 Å². The van der Waals surface area contributed by atoms with Gasteiger partial charge in [0.15, 0.2) is 11.5 Å². The van der Waals surface area contributed by atoms with Crippen molar-refractivity contribution in [3.05, 3.63) is 18.2 Å². The summed E-state index contributed by atoms with van der Waals surface area (Å²) in [5.74, 6) is 0.970. The fraction of sp³-hybridized carbons (Fsp3) is 0.333. The Morgan fingerprint density at radius 3 is 2.64 bits per heavy atom. The maximum absolute atomic E-state index is 10.7. The van der Waals surface area contributed by atoms with E-state index >= 15 is 0 Å². The minimum absolute atomic E-state index is 0.189. The topological polar surface area (TPSA) is 58.6 Å². The van der Waals surface area contributed by atoms with Crippen molar-refractivity contribution in [2.75, 3.05) is 13.7 Å². The molecule has 5 heteroatoms. The lowest BCUT2D eigenvalue weighted by Gasteiger charge is -2.11. The second-order valence-corrected chi connectivity index (χ2v) is 3.42. The molecule has 0 aliphatic rings. The fourth-order valence-corrected chi connectivity index (χ4v) is 1.41. The zero-order valence-electron chi connectivity index (χ0n) is 7.98. The first-order chi connectivity index (χ1) is 6.69. The van der Waals surface area contributed by atoms with Crippen LogP contribution in [0.25, 0.3) is 0 Å². The van der Waals surface area contributed by atoms with Gasteiger partial charge in [-0.2, -0.15) is 0 Å². The SMILES string of the molecule is CCOc1cc(S(=O)[O-])ccc1OC. The normalized spacial score (nSPS) is 12.2. The Balaban J connectivity index is 3.07. The lowest BCUT2D eigenvalue weighted by molar-refractivity contribution is 0.310. The van der Waals surface area contributed by atoms with Gasteiger partial charge in [-0.15, -0.1) is 0 Å². The maximum Gasteiger partial charge on any atom is 0.162 e. The van der Waals surface area contributed by atoms with Crippen LogP contribution in [0.2, 0.25) is 0 Å². The van der Waals surface area contributed by atoms with E-state index in [4.69, 9.17) is 9.47 Å². The largest absolute Gasteiger partial charge is 0.768 e. The number of benzene rings is 1. The minimum Gasteiger partial charge on any atom is -0.768 e. The van der Waals surface area contributed by atoms with Crippen LogP contribution < -0.4 is 9.47 Å². The Kier molecular flexibility index (Phi) is 3.91. The van der Waals surface area contributed by atoms with Crippen LogP contribution in [-0.2, 0) is 11.1 Å². The summed E-state index contributed by atoms with van der Waals surface area (Å²) in [6, 6.07) is 4.46. The number of methoxy groups -OCH3 is 1. The van der Waals surface area contributed by atoms with E-state index in [1.165, 1.54) is 19.2 Å². The minimum atomic E-state index is -2.24. The van der Waals surface area contributed by atoms with Crippen molar-refractivity contribution in [2.24, 2.45) is 0 Å². The van der Waals surface area contributed by atoms with E-state index in [2.05, 4.69) is 0 Å². The zero-order chi connectivity index (χ0) is 10.6. The van der Waals surface area contributed by atoms with Gasteiger partial charge in [0.1, 0.15) is 0 Å². The first-order valence-electron chi connectivity index (χ1n) is 4.09. The molecule has 0 saturated carbocycles. The van der Waals surface area contributed by atoms with E-state index in [1.807, 2.05) is 6.92 Å². The lowest BCUT2D eigenvalue weighted by atomic mass is 10.3. The van der Waals surface area contributed by atoms with Crippen molar-refractivity contribution in [1.29, 1.82) is 0 Å². The van der Waals surface area contributed by atoms with Crippen molar-refractivity contribution >= 4 is 11.1 Å². The van der Waals surface area contributed by atoms with Gasteiger partial charge >= 0.3 is 0 Å². The Bertz CT molecular complexity index is 338. The Labute approximate surface area is 85.1 Å². The number of rotatable bonds is 4. The second kappa shape index (κ2) is 4.97. The van der Waals surface area contributed by atoms with Crippen molar-refractivity contribution in [2.45, 2.75) is 11.8 Å². The summed E-state index contributed by atoms with van der Waals surface area (Å²) in [5, 5.41) is 0. The molecule has 1 aromatic carbocycles. The molecular weight excluding hydrogens is 204 g/mol. The zero-order valence-corrected chi connectivity index (χ0v) is 8.80. The van der Waals surface area contributed by atoms with E-state index < -0.39 is 11.1 Å². The van der Waals surface area contributed by atoms with Crippen LogP contribution in [0.5, 0.6) is 11.5 Å². The predicted octanol–water partition coefficient (Wildman–Crippen LogP) is 1.33. The van der Waals surface area contributed by atoms with Crippen molar-refractivity contribution in [1.82, 2.24) is 0 Å². The van der Waals surface area contributed by atoms with Crippen LogP contribution in [0, 0.1) is 0 Å². The highest BCUT2D eigenvalue weighted by molar-refractivity contribution is 7.79. The van der Waals surface area contributed by atoms with E-state index in [1.54, 1.807) is 6.07 Å². The third-order valence-electron chi connectivity index (χ3n) is 1.63. The highest BCUT2D eigenvalue weighted by Gasteiger charge is 2.04. The second-order valence-electron chi connectivity index (χ2n) is 2.48. The van der Waals surface area contributed by atoms with Crippen molar-refractivity contribution in [3.63, 3.8) is 0 Å². The van der Waals surface area contributed by atoms with Gasteiger partial charge in [-0.1, -0.05) is 0 Å². The number of hydrogen-bond donors (Lipinski definition) is 0. The summed E-state index contributed by atoms with van der Waals surface area (Å²) >= 11 is -2.24. The number of hydrogen-bond acceptors (Lipinski definition) is 4. The lowest BCUT2D eigenvalue weighted by Crippen LogP contribution is -1.97. The molecule has 1 atom stereocenters. The van der Waals surface area contributed by atoms with Gasteiger partial charge in [0.2, 0.25) is 0 Å². The smallest absolute Gasteiger partial charge is 0.162 e. The molecule has 0 aromatic heterocycles. The van der Waals surface area contributed by atoms with Gasteiger partial charge in [-0.25, -0.2) is 0 Å². The first kappa shape index (κ1) is 11.0. The van der Waals surface area contributed by atoms with E-state index in [9.17, 15) is 8.76 Å². The molecule has 0 aliphatic heterocycles. The van der Waals surface area contributed by atoms with Crippen LogP contribution in [0.3, 0.4) is 0 Å². The maximum atomic E-state index is 10.7. The van der Waals surface area contributed by atoms with Gasteiger partial charge in [-0.3, -0.25) is 4.21 Å². The number of ether oxygens (including phenoxy) is 2. The summed E-state index contributed by atoms with van der Waals surface area (Å²) in [6.45, 7) is 2.28. The van der Waals surface area contributed by atoms with Crippen LogP contribution in [0.1, 0.15) is 6.92 Å². The van der Waals surface area contributed by atoms with E-state index in [-0.39, 0.29) is 4.90 Å². The van der Waals surface area contributed by atoms with Crippen LogP contribution >= 0.6 is 0 Å². The third-order valence-corrected chi connectivity index (χ3v) is 2.27. The molecule has 4 nitrogen and oxygen atoms in total. The molecule has 1 rings (SSSR count). The average molecular weight is 215 g/mol. The quantitative estimate of drug-likeness (QED) is 0.711. The molecule has 14 heavy (non-hydrogen) atoms. The van der Waals surface area contributed by atoms with Gasteiger partial charge in [0, 0.05) is 4.90 Å². The highest BCUT2D eigenvalue weighted by Crippen LogP contribution is 2.28. The molecule has 0 aliphatic carbocycles. The summed E-state index contributed by atoms with van der Waals surface area (Å²) in [5.41, 5.74) is 0. The summed E-state index contributed by atoms with van der Waals surface area (Å²) < 4.78 is 31.5. The molecule has 1 aromatic rings. The first-order valence-corrected chi connectivity index (χ1v) is 5.16. The molecule has 0 amide bonds. The molecular formula is C9H11O4S-. The summed E-state index contributed by atoms with van der Waals surface area (Å²) in [6.07, 6.45) is 0. The molecule has 1 unspecified atom stereocenters. The highest BCUT2D eigenvalue weighted by atomic mass is 32.2. The Hall–Kier alpha value is -1.07. The van der Waals surface area contributed by atoms with Gasteiger partial charge in [0.05, 0.1) is 13.7 Å². The van der Waals surface area contributed by atoms with Gasteiger partial charge in [-0.05, 0) is 36.2 Å². The standard InChI is InChI=1S/C9H12O4S/c1-3-13-9-6-7(14(10)11)4-5-8(9)12-2/h4-6H,3H2,1-2H3,(H,10,11)/p-1. The van der Waals surface area contributed by atoms with Crippen molar-refractivity contribution in [3.8, 4) is 11.5 Å². The molecule has 0 spiro atoms. The summed E-state index contributed by atoms with van der Waals surface area (Å²) in [4.78, 5) is 0.189. The molecule has 0 heterocycles. The van der Waals surface area contributed by atoms with Crippen LogP contribution in [-0.4, -0.2) is 22.5 Å².